The smallest absolute Gasteiger partial charge is 0.228 e. The Morgan fingerprint density at radius 1 is 1.29 bits per heavy atom. The maximum atomic E-state index is 12.9. The Morgan fingerprint density at radius 3 is 2.61 bits per heavy atom. The van der Waals surface area contributed by atoms with Crippen LogP contribution >= 0.6 is 0 Å². The number of nitrogens with zero attached hydrogens (tertiary/aromatic N) is 3. The molecular weight excluding hydrogens is 354 g/mol. The molecule has 1 fully saturated rings. The van der Waals surface area contributed by atoms with E-state index in [9.17, 15) is 9.59 Å². The maximum Gasteiger partial charge on any atom is 0.228 e. The van der Waals surface area contributed by atoms with Crippen LogP contribution in [0.2, 0.25) is 0 Å². The Kier molecular flexibility index (Phi) is 6.17. The molecule has 2 aromatic rings. The van der Waals surface area contributed by atoms with Crippen LogP contribution in [0.5, 0.6) is 0 Å². The van der Waals surface area contributed by atoms with Crippen LogP contribution in [0.3, 0.4) is 0 Å². The predicted octanol–water partition coefficient (Wildman–Crippen LogP) is 3.65. The van der Waals surface area contributed by atoms with Gasteiger partial charge in [0.2, 0.25) is 11.8 Å². The van der Waals surface area contributed by atoms with Crippen molar-refractivity contribution >= 4 is 17.5 Å². The van der Waals surface area contributed by atoms with E-state index in [2.05, 4.69) is 24.2 Å². The largest absolute Gasteiger partial charge is 0.361 e. The number of amides is 2. The lowest BCUT2D eigenvalue weighted by molar-refractivity contribution is -0.135. The van der Waals surface area contributed by atoms with E-state index >= 15 is 0 Å². The van der Waals surface area contributed by atoms with Gasteiger partial charge in [0.25, 0.3) is 0 Å². The molecule has 1 aliphatic heterocycles. The monoisotopic (exact) mass is 383 g/mol. The van der Waals surface area contributed by atoms with Gasteiger partial charge in [0, 0.05) is 31.3 Å². The van der Waals surface area contributed by atoms with E-state index in [1.807, 2.05) is 26.0 Å². The summed E-state index contributed by atoms with van der Waals surface area (Å²) in [7, 11) is 1.77. The minimum atomic E-state index is -0.322. The molecule has 0 radical (unpaired) electrons. The highest BCUT2D eigenvalue weighted by atomic mass is 16.5. The summed E-state index contributed by atoms with van der Waals surface area (Å²) in [5, 5.41) is 3.94. The van der Waals surface area contributed by atoms with Crippen molar-refractivity contribution in [3.63, 3.8) is 0 Å². The molecule has 1 unspecified atom stereocenters. The van der Waals surface area contributed by atoms with Gasteiger partial charge in [-0.2, -0.15) is 0 Å². The quantitative estimate of drug-likeness (QED) is 0.732. The Morgan fingerprint density at radius 2 is 2.00 bits per heavy atom. The fourth-order valence-corrected chi connectivity index (χ4v) is 3.70. The number of carbonyl (C=O) groups is 2. The highest BCUT2D eigenvalue weighted by Crippen LogP contribution is 2.27. The summed E-state index contributed by atoms with van der Waals surface area (Å²) in [6.07, 6.45) is 3.63. The summed E-state index contributed by atoms with van der Waals surface area (Å²) < 4.78 is 5.18. The number of rotatable bonds is 7. The highest BCUT2D eigenvalue weighted by Gasteiger charge is 2.36. The van der Waals surface area contributed by atoms with Gasteiger partial charge < -0.3 is 14.3 Å². The third-order valence-electron chi connectivity index (χ3n) is 5.49. The molecule has 1 aliphatic rings. The summed E-state index contributed by atoms with van der Waals surface area (Å²) >= 11 is 0. The summed E-state index contributed by atoms with van der Waals surface area (Å²) in [6.45, 7) is 6.76. The third kappa shape index (κ3) is 4.26. The summed E-state index contributed by atoms with van der Waals surface area (Å²) in [6, 6.07) is 8.14. The van der Waals surface area contributed by atoms with Crippen molar-refractivity contribution in [3.8, 4) is 0 Å². The van der Waals surface area contributed by atoms with Gasteiger partial charge in [-0.15, -0.1) is 0 Å². The first-order valence-corrected chi connectivity index (χ1v) is 9.96. The zero-order valence-electron chi connectivity index (χ0n) is 17.2. The second-order valence-corrected chi connectivity index (χ2v) is 7.67. The topological polar surface area (TPSA) is 66.7 Å². The average Bonchev–Trinajstić information content (AvgIpc) is 3.23. The number of aryl methyl sites for hydroxylation is 3. The van der Waals surface area contributed by atoms with Crippen LogP contribution in [0.15, 0.2) is 28.8 Å². The molecule has 1 atom stereocenters. The maximum absolute atomic E-state index is 12.9. The van der Waals surface area contributed by atoms with Crippen LogP contribution in [0.4, 0.5) is 5.69 Å². The van der Waals surface area contributed by atoms with Crippen molar-refractivity contribution in [1.82, 2.24) is 10.1 Å². The van der Waals surface area contributed by atoms with Crippen molar-refractivity contribution in [2.75, 3.05) is 18.5 Å². The molecule has 3 rings (SSSR count). The minimum Gasteiger partial charge on any atom is -0.361 e. The fourth-order valence-electron chi connectivity index (χ4n) is 3.70. The van der Waals surface area contributed by atoms with Crippen molar-refractivity contribution in [2.45, 2.75) is 53.0 Å². The van der Waals surface area contributed by atoms with Crippen LogP contribution < -0.4 is 4.90 Å². The molecule has 2 heterocycles. The van der Waals surface area contributed by atoms with E-state index in [1.54, 1.807) is 16.8 Å². The number of unbranched alkanes of at least 4 members (excludes halogenated alkanes) is 1. The lowest BCUT2D eigenvalue weighted by Gasteiger charge is -2.21. The molecule has 150 valence electrons. The molecule has 28 heavy (non-hydrogen) atoms. The van der Waals surface area contributed by atoms with Gasteiger partial charge in [-0.3, -0.25) is 9.59 Å². The molecule has 0 N–H and O–H groups in total. The minimum absolute atomic E-state index is 0.00500. The van der Waals surface area contributed by atoms with Gasteiger partial charge in [0.1, 0.15) is 5.76 Å². The Labute approximate surface area is 166 Å². The molecule has 0 bridgehead atoms. The van der Waals surface area contributed by atoms with Crippen molar-refractivity contribution < 1.29 is 14.1 Å². The van der Waals surface area contributed by atoms with E-state index < -0.39 is 0 Å². The number of hydrogen-bond donors (Lipinski definition) is 0. The number of carbonyl (C=O) groups excluding carboxylic acids is 2. The Hall–Kier alpha value is -2.63. The summed E-state index contributed by atoms with van der Waals surface area (Å²) in [5.74, 6) is 0.392. The van der Waals surface area contributed by atoms with E-state index in [1.165, 1.54) is 5.56 Å². The zero-order valence-corrected chi connectivity index (χ0v) is 17.2. The highest BCUT2D eigenvalue weighted by molar-refractivity contribution is 6.00. The molecular formula is C22H29N3O3. The summed E-state index contributed by atoms with van der Waals surface area (Å²) in [5.41, 5.74) is 3.88. The molecule has 1 aromatic carbocycles. The van der Waals surface area contributed by atoms with E-state index in [4.69, 9.17) is 4.52 Å². The third-order valence-corrected chi connectivity index (χ3v) is 5.49. The van der Waals surface area contributed by atoms with Crippen molar-refractivity contribution in [3.05, 3.63) is 46.8 Å². The lowest BCUT2D eigenvalue weighted by atomic mass is 10.1. The first kappa shape index (κ1) is 20.1. The molecule has 6 heteroatoms. The number of benzene rings is 1. The van der Waals surface area contributed by atoms with Gasteiger partial charge in [0.15, 0.2) is 0 Å². The second kappa shape index (κ2) is 8.59. The van der Waals surface area contributed by atoms with Gasteiger partial charge in [0.05, 0.1) is 18.2 Å². The van der Waals surface area contributed by atoms with Crippen LogP contribution in [0, 0.1) is 19.8 Å². The van der Waals surface area contributed by atoms with Crippen molar-refractivity contribution in [1.29, 1.82) is 0 Å². The molecule has 1 saturated heterocycles. The van der Waals surface area contributed by atoms with Crippen LogP contribution in [-0.2, 0) is 22.6 Å². The Bertz CT molecular complexity index is 822. The number of anilines is 1. The SMILES string of the molecule is CCCCc1ccc(N2CC(C(=O)N(C)Cc3c(C)noc3C)CC2=O)cc1. The predicted molar refractivity (Wildman–Crippen MR) is 108 cm³/mol. The molecule has 2 amide bonds. The molecule has 6 nitrogen and oxygen atoms in total. The molecule has 0 spiro atoms. The van der Waals surface area contributed by atoms with Gasteiger partial charge in [-0.05, 0) is 44.4 Å². The lowest BCUT2D eigenvalue weighted by Crippen LogP contribution is -2.34. The first-order valence-electron chi connectivity index (χ1n) is 9.96. The molecule has 0 aliphatic carbocycles. The zero-order chi connectivity index (χ0) is 20.3. The second-order valence-electron chi connectivity index (χ2n) is 7.67. The Balaban J connectivity index is 1.64. The number of aromatic nitrogens is 1. The van der Waals surface area contributed by atoms with E-state index in [0.29, 0.717) is 13.1 Å². The average molecular weight is 383 g/mol. The molecule has 1 aromatic heterocycles. The van der Waals surface area contributed by atoms with Crippen molar-refractivity contribution in [2.24, 2.45) is 5.92 Å². The standard InChI is InChI=1S/C22H29N3O3/c1-5-6-7-17-8-10-19(11-9-17)25-13-18(12-21(25)26)22(27)24(4)14-20-15(2)23-28-16(20)3/h8-11,18H,5-7,12-14H2,1-4H3. The summed E-state index contributed by atoms with van der Waals surface area (Å²) in [4.78, 5) is 28.8. The van der Waals surface area contributed by atoms with Gasteiger partial charge >= 0.3 is 0 Å². The van der Waals surface area contributed by atoms with Crippen LogP contribution in [0.25, 0.3) is 0 Å². The van der Waals surface area contributed by atoms with Gasteiger partial charge in [-0.25, -0.2) is 0 Å². The fraction of sp³-hybridized carbons (Fsp3) is 0.500. The number of hydrogen-bond acceptors (Lipinski definition) is 4. The first-order chi connectivity index (χ1) is 13.4. The molecule has 0 saturated carbocycles. The van der Waals surface area contributed by atoms with Crippen LogP contribution in [-0.4, -0.2) is 35.5 Å². The van der Waals surface area contributed by atoms with Gasteiger partial charge in [-0.1, -0.05) is 30.6 Å². The van der Waals surface area contributed by atoms with Crippen LogP contribution in [0.1, 0.15) is 48.8 Å². The van der Waals surface area contributed by atoms with E-state index in [-0.39, 0.29) is 24.2 Å². The normalized spacial score (nSPS) is 16.6. The van der Waals surface area contributed by atoms with E-state index in [0.717, 1.165) is 42.0 Å².